The zero-order valence-electron chi connectivity index (χ0n) is 12.2. The molecule has 22 heavy (non-hydrogen) atoms. The third-order valence-electron chi connectivity index (χ3n) is 3.51. The summed E-state index contributed by atoms with van der Waals surface area (Å²) in [4.78, 5) is 17.2. The first kappa shape index (κ1) is 15.1. The van der Waals surface area contributed by atoms with Gasteiger partial charge >= 0.3 is 0 Å². The fourth-order valence-corrected chi connectivity index (χ4v) is 3.82. The topological polar surface area (TPSA) is 39.8 Å². The molecule has 0 unspecified atom stereocenters. The van der Waals surface area contributed by atoms with Crippen molar-refractivity contribution < 1.29 is 4.39 Å². The van der Waals surface area contributed by atoms with E-state index in [4.69, 9.17) is 12.2 Å². The van der Waals surface area contributed by atoms with E-state index < -0.39 is 0 Å². The quantitative estimate of drug-likeness (QED) is 0.688. The SMILES string of the molecule is CCn1c(=S)sc2c(=O)n(Cc3cccc(F)c3)c(C)nc21. The summed E-state index contributed by atoms with van der Waals surface area (Å²) >= 11 is 6.56. The molecule has 1 aromatic carbocycles. The van der Waals surface area contributed by atoms with Crippen LogP contribution in [0.25, 0.3) is 10.3 Å². The van der Waals surface area contributed by atoms with E-state index in [2.05, 4.69) is 4.98 Å². The molecule has 0 aliphatic heterocycles. The Balaban J connectivity index is 2.19. The van der Waals surface area contributed by atoms with Crippen LogP contribution in [-0.4, -0.2) is 14.1 Å². The standard InChI is InChI=1S/C15H14FN3OS2/c1-3-18-13-12(22-15(18)21)14(20)19(9(2)17-13)8-10-5-4-6-11(16)7-10/h4-7H,3,8H2,1-2H3. The molecule has 3 aromatic rings. The number of thiazole rings is 1. The highest BCUT2D eigenvalue weighted by Gasteiger charge is 2.14. The van der Waals surface area contributed by atoms with Gasteiger partial charge in [0.2, 0.25) is 0 Å². The van der Waals surface area contributed by atoms with Gasteiger partial charge in [0, 0.05) is 6.54 Å². The number of aromatic nitrogens is 3. The molecule has 2 aromatic heterocycles. The fraction of sp³-hybridized carbons (Fsp3) is 0.267. The molecule has 7 heteroatoms. The van der Waals surface area contributed by atoms with Crippen LogP contribution < -0.4 is 5.56 Å². The van der Waals surface area contributed by atoms with Crippen molar-refractivity contribution >= 4 is 33.9 Å². The molecule has 0 amide bonds. The number of aryl methyl sites for hydroxylation is 2. The Labute approximate surface area is 135 Å². The Hall–Kier alpha value is -1.86. The van der Waals surface area contributed by atoms with Crippen molar-refractivity contribution in [2.75, 3.05) is 0 Å². The van der Waals surface area contributed by atoms with Crippen LogP contribution in [-0.2, 0) is 13.1 Å². The molecular weight excluding hydrogens is 321 g/mol. The molecule has 0 spiro atoms. The molecule has 0 bridgehead atoms. The summed E-state index contributed by atoms with van der Waals surface area (Å²) < 4.78 is 17.9. The minimum atomic E-state index is -0.315. The van der Waals surface area contributed by atoms with Gasteiger partial charge in [0.05, 0.1) is 6.54 Å². The molecule has 0 radical (unpaired) electrons. The van der Waals surface area contributed by atoms with Crippen LogP contribution >= 0.6 is 23.6 Å². The van der Waals surface area contributed by atoms with Crippen LogP contribution in [0.15, 0.2) is 29.1 Å². The maximum absolute atomic E-state index is 13.3. The van der Waals surface area contributed by atoms with E-state index in [0.717, 1.165) is 5.56 Å². The summed E-state index contributed by atoms with van der Waals surface area (Å²) in [6.07, 6.45) is 0. The van der Waals surface area contributed by atoms with E-state index in [1.807, 2.05) is 11.5 Å². The first-order valence-corrected chi connectivity index (χ1v) is 8.09. The molecule has 0 N–H and O–H groups in total. The third-order valence-corrected chi connectivity index (χ3v) is 4.94. The van der Waals surface area contributed by atoms with Crippen LogP contribution in [0, 0.1) is 16.7 Å². The van der Waals surface area contributed by atoms with Crippen molar-refractivity contribution in [1.82, 2.24) is 14.1 Å². The second kappa shape index (κ2) is 5.73. The predicted molar refractivity (Wildman–Crippen MR) is 88.6 cm³/mol. The van der Waals surface area contributed by atoms with Crippen molar-refractivity contribution in [2.45, 2.75) is 26.9 Å². The first-order chi connectivity index (χ1) is 10.5. The number of nitrogens with zero attached hydrogens (tertiary/aromatic N) is 3. The third kappa shape index (κ3) is 2.50. The Bertz CT molecular complexity index is 971. The van der Waals surface area contributed by atoms with Gasteiger partial charge in [-0.1, -0.05) is 23.5 Å². The highest BCUT2D eigenvalue weighted by Crippen LogP contribution is 2.19. The molecule has 4 nitrogen and oxygen atoms in total. The summed E-state index contributed by atoms with van der Waals surface area (Å²) in [5, 5.41) is 0. The number of rotatable bonds is 3. The van der Waals surface area contributed by atoms with Gasteiger partial charge in [-0.05, 0) is 43.8 Å². The minimum Gasteiger partial charge on any atom is -0.308 e. The first-order valence-electron chi connectivity index (χ1n) is 6.86. The van der Waals surface area contributed by atoms with Crippen molar-refractivity contribution in [2.24, 2.45) is 0 Å². The Morgan fingerprint density at radius 2 is 2.14 bits per heavy atom. The maximum atomic E-state index is 13.3. The number of hydrogen-bond acceptors (Lipinski definition) is 4. The monoisotopic (exact) mass is 335 g/mol. The lowest BCUT2D eigenvalue weighted by molar-refractivity contribution is 0.621. The second-order valence-corrected chi connectivity index (χ2v) is 6.59. The smallest absolute Gasteiger partial charge is 0.273 e. The molecule has 0 fully saturated rings. The Morgan fingerprint density at radius 3 is 2.82 bits per heavy atom. The van der Waals surface area contributed by atoms with Crippen molar-refractivity contribution in [3.63, 3.8) is 0 Å². The molecule has 0 aliphatic rings. The van der Waals surface area contributed by atoms with Gasteiger partial charge in [0.25, 0.3) is 5.56 Å². The average molecular weight is 335 g/mol. The summed E-state index contributed by atoms with van der Waals surface area (Å²) in [6, 6.07) is 6.23. The van der Waals surface area contributed by atoms with Gasteiger partial charge in [-0.2, -0.15) is 0 Å². The second-order valence-electron chi connectivity index (χ2n) is 4.95. The Morgan fingerprint density at radius 1 is 1.36 bits per heavy atom. The molecular formula is C15H14FN3OS2. The van der Waals surface area contributed by atoms with E-state index in [0.29, 0.717) is 33.2 Å². The van der Waals surface area contributed by atoms with Gasteiger partial charge in [-0.25, -0.2) is 9.37 Å². The van der Waals surface area contributed by atoms with Crippen LogP contribution in [0.3, 0.4) is 0 Å². The van der Waals surface area contributed by atoms with Gasteiger partial charge in [0.15, 0.2) is 9.60 Å². The maximum Gasteiger partial charge on any atom is 0.273 e. The number of benzene rings is 1. The van der Waals surface area contributed by atoms with E-state index >= 15 is 0 Å². The molecule has 3 rings (SSSR count). The molecule has 0 atom stereocenters. The van der Waals surface area contributed by atoms with Crippen molar-refractivity contribution in [3.8, 4) is 0 Å². The van der Waals surface area contributed by atoms with E-state index in [1.54, 1.807) is 23.6 Å². The largest absolute Gasteiger partial charge is 0.308 e. The zero-order chi connectivity index (χ0) is 15.9. The highest BCUT2D eigenvalue weighted by atomic mass is 32.1. The summed E-state index contributed by atoms with van der Waals surface area (Å²) in [6.45, 7) is 4.72. The number of halogens is 1. The van der Waals surface area contributed by atoms with Crippen molar-refractivity contribution in [3.05, 3.63) is 55.8 Å². The summed E-state index contributed by atoms with van der Waals surface area (Å²) in [7, 11) is 0. The molecule has 114 valence electrons. The normalized spacial score (nSPS) is 11.2. The molecule has 0 saturated carbocycles. The highest BCUT2D eigenvalue weighted by molar-refractivity contribution is 7.73. The Kier molecular flexibility index (Phi) is 3.92. The number of fused-ring (bicyclic) bond motifs is 1. The fourth-order valence-electron chi connectivity index (χ4n) is 2.41. The molecule has 2 heterocycles. The molecule has 0 saturated heterocycles. The van der Waals surface area contributed by atoms with Gasteiger partial charge in [0.1, 0.15) is 16.3 Å². The van der Waals surface area contributed by atoms with Crippen LogP contribution in [0.2, 0.25) is 0 Å². The molecule has 0 aliphatic carbocycles. The van der Waals surface area contributed by atoms with E-state index in [-0.39, 0.29) is 11.4 Å². The van der Waals surface area contributed by atoms with Crippen LogP contribution in [0.1, 0.15) is 18.3 Å². The lowest BCUT2D eigenvalue weighted by atomic mass is 10.2. The summed E-state index contributed by atoms with van der Waals surface area (Å²) in [5.74, 6) is 0.279. The lowest BCUT2D eigenvalue weighted by Gasteiger charge is -2.10. The van der Waals surface area contributed by atoms with Crippen LogP contribution in [0.5, 0.6) is 0 Å². The lowest BCUT2D eigenvalue weighted by Crippen LogP contribution is -2.24. The van der Waals surface area contributed by atoms with Gasteiger partial charge in [-0.15, -0.1) is 0 Å². The van der Waals surface area contributed by atoms with Gasteiger partial charge < -0.3 is 4.57 Å². The van der Waals surface area contributed by atoms with E-state index in [9.17, 15) is 9.18 Å². The number of hydrogen-bond donors (Lipinski definition) is 0. The van der Waals surface area contributed by atoms with Gasteiger partial charge in [-0.3, -0.25) is 9.36 Å². The van der Waals surface area contributed by atoms with E-state index in [1.165, 1.54) is 23.5 Å². The summed E-state index contributed by atoms with van der Waals surface area (Å²) in [5.41, 5.74) is 1.23. The van der Waals surface area contributed by atoms with Crippen LogP contribution in [0.4, 0.5) is 4.39 Å². The average Bonchev–Trinajstić information content (AvgIpc) is 2.79. The van der Waals surface area contributed by atoms with Crippen molar-refractivity contribution in [1.29, 1.82) is 0 Å². The minimum absolute atomic E-state index is 0.130. The predicted octanol–water partition coefficient (Wildman–Crippen LogP) is 3.50. The zero-order valence-corrected chi connectivity index (χ0v) is 13.8.